The third kappa shape index (κ3) is 5.01. The van der Waals surface area contributed by atoms with Crippen LogP contribution in [0.2, 0.25) is 0 Å². The Morgan fingerprint density at radius 3 is 2.50 bits per heavy atom. The number of nitrogens with zero attached hydrogens (tertiary/aromatic N) is 1. The van der Waals surface area contributed by atoms with Gasteiger partial charge in [0.25, 0.3) is 0 Å². The van der Waals surface area contributed by atoms with Crippen molar-refractivity contribution in [2.24, 2.45) is 5.73 Å². The van der Waals surface area contributed by atoms with E-state index >= 15 is 0 Å². The maximum atomic E-state index is 11.0. The monoisotopic (exact) mass is 190 g/mol. The third-order valence-electron chi connectivity index (χ3n) is 1.28. The normalized spacial score (nSPS) is 9.50. The number of hydrogen-bond acceptors (Lipinski definition) is 3. The highest BCUT2D eigenvalue weighted by molar-refractivity contribution is 8.12. The third-order valence-corrected chi connectivity index (χ3v) is 2.15. The van der Waals surface area contributed by atoms with Gasteiger partial charge in [0.05, 0.1) is 0 Å². The second kappa shape index (κ2) is 5.88. The van der Waals surface area contributed by atoms with Crippen LogP contribution in [0.15, 0.2) is 0 Å². The number of primary amides is 1. The molecule has 0 aliphatic heterocycles. The van der Waals surface area contributed by atoms with Gasteiger partial charge in [0.1, 0.15) is 0 Å². The van der Waals surface area contributed by atoms with Gasteiger partial charge in [0, 0.05) is 25.4 Å². The molecule has 2 N–H and O–H groups in total. The molecule has 5 heteroatoms. The van der Waals surface area contributed by atoms with E-state index < -0.39 is 6.03 Å². The first-order chi connectivity index (χ1) is 5.57. The second-order valence-corrected chi connectivity index (χ2v) is 3.59. The van der Waals surface area contributed by atoms with Crippen molar-refractivity contribution in [2.75, 3.05) is 7.05 Å². The van der Waals surface area contributed by atoms with Crippen LogP contribution < -0.4 is 5.73 Å². The molecule has 0 atom stereocenters. The Morgan fingerprint density at radius 2 is 2.08 bits per heavy atom. The average Bonchev–Trinajstić information content (AvgIpc) is 2.00. The summed E-state index contributed by atoms with van der Waals surface area (Å²) < 4.78 is 1.14. The lowest BCUT2D eigenvalue weighted by Gasteiger charge is -2.10. The van der Waals surface area contributed by atoms with Gasteiger partial charge >= 0.3 is 6.03 Å². The van der Waals surface area contributed by atoms with Gasteiger partial charge in [-0.2, -0.15) is 0 Å². The van der Waals surface area contributed by atoms with E-state index in [1.807, 2.05) is 6.92 Å². The molecule has 70 valence electrons. The highest BCUT2D eigenvalue weighted by Gasteiger charge is 2.09. The molecule has 0 saturated carbocycles. The smallest absolute Gasteiger partial charge is 0.324 e. The Labute approximate surface area is 76.6 Å². The predicted molar refractivity (Wildman–Crippen MR) is 49.5 cm³/mol. The number of rotatable bonds is 3. The molecule has 0 saturated heterocycles. The number of hydrogen-bond donors (Lipinski definition) is 1. The van der Waals surface area contributed by atoms with Gasteiger partial charge in [-0.1, -0.05) is 13.3 Å². The van der Waals surface area contributed by atoms with E-state index in [0.29, 0.717) is 6.42 Å². The van der Waals surface area contributed by atoms with E-state index in [1.165, 1.54) is 7.05 Å². The number of carbonyl (C=O) groups is 2. The summed E-state index contributed by atoms with van der Waals surface area (Å²) in [6.07, 6.45) is 2.34. The minimum Gasteiger partial charge on any atom is -0.351 e. The quantitative estimate of drug-likeness (QED) is 0.683. The molecule has 0 aromatic heterocycles. The molecule has 0 rings (SSSR count). The zero-order valence-electron chi connectivity index (χ0n) is 7.37. The van der Waals surface area contributed by atoms with E-state index in [1.54, 1.807) is 0 Å². The van der Waals surface area contributed by atoms with Crippen molar-refractivity contribution in [3.63, 3.8) is 0 Å². The Bertz CT molecular complexity index is 173. The van der Waals surface area contributed by atoms with Gasteiger partial charge in [0.2, 0.25) is 5.12 Å². The fraction of sp³-hybridized carbons (Fsp3) is 0.714. The topological polar surface area (TPSA) is 63.4 Å². The summed E-state index contributed by atoms with van der Waals surface area (Å²) in [6.45, 7) is 2.01. The van der Waals surface area contributed by atoms with Crippen LogP contribution in [0.5, 0.6) is 0 Å². The van der Waals surface area contributed by atoms with E-state index in [4.69, 9.17) is 5.73 Å². The van der Waals surface area contributed by atoms with Crippen molar-refractivity contribution in [2.45, 2.75) is 26.2 Å². The van der Waals surface area contributed by atoms with Crippen LogP contribution in [0.25, 0.3) is 0 Å². The number of urea groups is 1. The van der Waals surface area contributed by atoms with Crippen LogP contribution in [-0.2, 0) is 4.79 Å². The van der Waals surface area contributed by atoms with Crippen LogP contribution in [0.4, 0.5) is 4.79 Å². The summed E-state index contributed by atoms with van der Waals surface area (Å²) in [5.74, 6) is 0. The summed E-state index contributed by atoms with van der Waals surface area (Å²) >= 11 is 0.867. The van der Waals surface area contributed by atoms with Crippen LogP contribution in [0.1, 0.15) is 26.2 Å². The van der Waals surface area contributed by atoms with Crippen molar-refractivity contribution in [1.29, 1.82) is 0 Å². The summed E-state index contributed by atoms with van der Waals surface area (Å²) in [6, 6.07) is -0.593. The highest BCUT2D eigenvalue weighted by Crippen LogP contribution is 2.11. The van der Waals surface area contributed by atoms with E-state index in [2.05, 4.69) is 0 Å². The Balaban J connectivity index is 3.61. The zero-order chi connectivity index (χ0) is 9.56. The van der Waals surface area contributed by atoms with Crippen molar-refractivity contribution < 1.29 is 9.59 Å². The second-order valence-electron chi connectivity index (χ2n) is 2.40. The molecule has 2 amide bonds. The van der Waals surface area contributed by atoms with Crippen LogP contribution in [0.3, 0.4) is 0 Å². The Morgan fingerprint density at radius 1 is 1.50 bits per heavy atom. The largest absolute Gasteiger partial charge is 0.351 e. The number of amides is 2. The molecular formula is C7H14N2O2S. The minimum atomic E-state index is -0.593. The molecule has 12 heavy (non-hydrogen) atoms. The molecule has 0 heterocycles. The van der Waals surface area contributed by atoms with Gasteiger partial charge in [-0.3, -0.25) is 9.10 Å². The van der Waals surface area contributed by atoms with Gasteiger partial charge in [-0.25, -0.2) is 4.79 Å². The average molecular weight is 190 g/mol. The number of carbonyl (C=O) groups excluding carboxylic acids is 2. The first-order valence-electron chi connectivity index (χ1n) is 3.82. The molecular weight excluding hydrogens is 176 g/mol. The summed E-state index contributed by atoms with van der Waals surface area (Å²) in [4.78, 5) is 21.5. The molecule has 4 nitrogen and oxygen atoms in total. The van der Waals surface area contributed by atoms with Crippen molar-refractivity contribution in [3.05, 3.63) is 0 Å². The molecule has 0 aromatic rings. The molecule has 0 unspecified atom stereocenters. The molecule has 0 fully saturated rings. The van der Waals surface area contributed by atoms with Gasteiger partial charge in [-0.15, -0.1) is 0 Å². The van der Waals surface area contributed by atoms with Crippen LogP contribution >= 0.6 is 11.9 Å². The SMILES string of the molecule is CCCCC(=O)SN(C)C(N)=O. The van der Waals surface area contributed by atoms with Gasteiger partial charge < -0.3 is 5.73 Å². The molecule has 0 aliphatic carbocycles. The Kier molecular flexibility index (Phi) is 5.53. The Hall–Kier alpha value is -0.710. The van der Waals surface area contributed by atoms with Crippen molar-refractivity contribution >= 4 is 23.1 Å². The summed E-state index contributed by atoms with van der Waals surface area (Å²) in [5, 5.41) is -0.0156. The molecule has 0 spiro atoms. The van der Waals surface area contributed by atoms with E-state index in [0.717, 1.165) is 29.1 Å². The number of nitrogens with two attached hydrogens (primary N) is 1. The fourth-order valence-corrected chi connectivity index (χ4v) is 1.20. The maximum absolute atomic E-state index is 11.0. The molecule has 0 aromatic carbocycles. The van der Waals surface area contributed by atoms with Gasteiger partial charge in [0.15, 0.2) is 0 Å². The van der Waals surface area contributed by atoms with E-state index in [-0.39, 0.29) is 5.12 Å². The maximum Gasteiger partial charge on any atom is 0.324 e. The zero-order valence-corrected chi connectivity index (χ0v) is 8.19. The first kappa shape index (κ1) is 11.3. The number of unbranched alkanes of at least 4 members (excludes halogenated alkanes) is 1. The summed E-state index contributed by atoms with van der Waals surface area (Å²) in [5.41, 5.74) is 4.93. The first-order valence-corrected chi connectivity index (χ1v) is 4.59. The fourth-order valence-electron chi connectivity index (χ4n) is 0.564. The lowest BCUT2D eigenvalue weighted by Crippen LogP contribution is -2.27. The lowest BCUT2D eigenvalue weighted by atomic mass is 10.3. The van der Waals surface area contributed by atoms with Crippen LogP contribution in [0, 0.1) is 0 Å². The van der Waals surface area contributed by atoms with E-state index in [9.17, 15) is 9.59 Å². The molecule has 0 radical (unpaired) electrons. The predicted octanol–water partition coefficient (Wildman–Crippen LogP) is 1.36. The summed E-state index contributed by atoms with van der Waals surface area (Å²) in [7, 11) is 1.48. The highest BCUT2D eigenvalue weighted by atomic mass is 32.2. The van der Waals surface area contributed by atoms with Gasteiger partial charge in [-0.05, 0) is 6.42 Å². The molecule has 0 aliphatic rings. The van der Waals surface area contributed by atoms with Crippen LogP contribution in [-0.4, -0.2) is 22.5 Å². The van der Waals surface area contributed by atoms with Crippen molar-refractivity contribution in [1.82, 2.24) is 4.31 Å². The lowest BCUT2D eigenvalue weighted by molar-refractivity contribution is -0.111. The molecule has 0 bridgehead atoms. The minimum absolute atomic E-state index is 0.0156. The van der Waals surface area contributed by atoms with Crippen molar-refractivity contribution in [3.8, 4) is 0 Å². The standard InChI is InChI=1S/C7H14N2O2S/c1-3-4-5-6(10)12-9(2)7(8)11/h3-5H2,1-2H3,(H2,8,11).